The Morgan fingerprint density at radius 3 is 2.62 bits per heavy atom. The second kappa shape index (κ2) is 2.44. The molecule has 0 aromatic carbocycles. The summed E-state index contributed by atoms with van der Waals surface area (Å²) in [6.45, 7) is 0. The molecule has 1 heterocycles. The maximum absolute atomic E-state index is 11.5. The van der Waals surface area contributed by atoms with Gasteiger partial charge < -0.3 is 0 Å². The van der Waals surface area contributed by atoms with Crippen molar-refractivity contribution in [3.05, 3.63) is 5.75 Å². The van der Waals surface area contributed by atoms with Crippen LogP contribution < -0.4 is 0 Å². The monoisotopic (exact) mass is 134 g/mol. The van der Waals surface area contributed by atoms with E-state index in [4.69, 9.17) is 0 Å². The van der Waals surface area contributed by atoms with E-state index in [9.17, 15) is 8.78 Å². The molecule has 0 aliphatic carbocycles. The van der Waals surface area contributed by atoms with Crippen LogP contribution >= 0.6 is 11.8 Å². The molecule has 1 nitrogen and oxygen atoms in total. The number of alkyl halides is 2. The second-order valence-electron chi connectivity index (χ2n) is 1.22. The average molecular weight is 134 g/mol. The van der Waals surface area contributed by atoms with Crippen LogP contribution in [0.5, 0.6) is 0 Å². The van der Waals surface area contributed by atoms with Gasteiger partial charge in [0.15, 0.2) is 0 Å². The molecule has 0 aromatic heterocycles. The van der Waals surface area contributed by atoms with Crippen LogP contribution in [-0.4, -0.2) is 18.0 Å². The summed E-state index contributed by atoms with van der Waals surface area (Å²) in [5.41, 5.74) is 2.30. The van der Waals surface area contributed by atoms with E-state index in [0.717, 1.165) is 11.8 Å². The molecule has 1 rings (SSSR count). The molecule has 0 saturated heterocycles. The van der Waals surface area contributed by atoms with Gasteiger partial charge in [0.2, 0.25) is 0 Å². The zero-order valence-corrected chi connectivity index (χ0v) is 4.58. The molecule has 1 aliphatic rings. The Labute approximate surface area is 50.2 Å². The molecule has 0 spiro atoms. The highest BCUT2D eigenvalue weighted by Crippen LogP contribution is 2.21. The number of rotatable bonds is 1. The number of nitrogens with zero attached hydrogens (tertiary/aromatic N) is 1. The molecule has 0 aromatic rings. The highest BCUT2D eigenvalue weighted by molar-refractivity contribution is 8.14. The summed E-state index contributed by atoms with van der Waals surface area (Å²) in [6, 6.07) is -1.04. The third-order valence-electron chi connectivity index (χ3n) is 0.656. The van der Waals surface area contributed by atoms with Gasteiger partial charge in [-0.2, -0.15) is 0 Å². The standard InChI is InChI=1S/C4H2F2NS/c5-4(6)3-1-8-2-7-3/h3-4H. The highest BCUT2D eigenvalue weighted by Gasteiger charge is 2.22. The van der Waals surface area contributed by atoms with Gasteiger partial charge in [-0.05, 0) is 0 Å². The number of hydrogen-bond acceptors (Lipinski definition) is 2. The molecule has 0 N–H and O–H groups in total. The smallest absolute Gasteiger partial charge is 0.262 e. The third-order valence-corrected chi connectivity index (χ3v) is 1.21. The first kappa shape index (κ1) is 6.01. The van der Waals surface area contributed by atoms with Gasteiger partial charge in [0, 0.05) is 0 Å². The van der Waals surface area contributed by atoms with E-state index in [2.05, 4.69) is 16.3 Å². The van der Waals surface area contributed by atoms with Crippen LogP contribution in [0.4, 0.5) is 8.78 Å². The molecule has 1 atom stereocenters. The van der Waals surface area contributed by atoms with Gasteiger partial charge in [0.1, 0.15) is 11.6 Å². The van der Waals surface area contributed by atoms with Crippen molar-refractivity contribution >= 4 is 17.3 Å². The van der Waals surface area contributed by atoms with Crippen LogP contribution in [-0.2, 0) is 0 Å². The lowest BCUT2D eigenvalue weighted by Crippen LogP contribution is -2.10. The Bertz CT molecular complexity index is 104. The second-order valence-corrected chi connectivity index (χ2v) is 1.84. The molecule has 0 amide bonds. The zero-order valence-electron chi connectivity index (χ0n) is 3.77. The number of halogens is 2. The SMILES string of the molecule is FC(F)C1[C]S[C]=N1. The van der Waals surface area contributed by atoms with E-state index in [0.29, 0.717) is 0 Å². The van der Waals surface area contributed by atoms with Crippen LogP contribution in [0.2, 0.25) is 0 Å². The summed E-state index contributed by atoms with van der Waals surface area (Å²) in [6.07, 6.45) is -2.42. The molecule has 0 saturated carbocycles. The van der Waals surface area contributed by atoms with Crippen molar-refractivity contribution in [2.75, 3.05) is 0 Å². The first-order valence-corrected chi connectivity index (χ1v) is 2.76. The molecule has 4 heteroatoms. The van der Waals surface area contributed by atoms with Gasteiger partial charge in [-0.25, -0.2) is 8.78 Å². The van der Waals surface area contributed by atoms with Gasteiger partial charge >= 0.3 is 0 Å². The maximum Gasteiger partial charge on any atom is 0.262 e. The van der Waals surface area contributed by atoms with Gasteiger partial charge in [-0.1, -0.05) is 11.8 Å². The molecule has 43 valence electrons. The first-order valence-electron chi connectivity index (χ1n) is 1.95. The summed E-state index contributed by atoms with van der Waals surface area (Å²) >= 11 is 0.964. The summed E-state index contributed by atoms with van der Waals surface area (Å²) < 4.78 is 23.1. The summed E-state index contributed by atoms with van der Waals surface area (Å²) in [7, 11) is 0. The van der Waals surface area contributed by atoms with Crippen molar-refractivity contribution in [2.24, 2.45) is 4.99 Å². The Balaban J connectivity index is 2.36. The van der Waals surface area contributed by atoms with Gasteiger partial charge in [-0.15, -0.1) is 0 Å². The first-order chi connectivity index (χ1) is 3.80. The molecule has 8 heavy (non-hydrogen) atoms. The topological polar surface area (TPSA) is 12.4 Å². The lowest BCUT2D eigenvalue weighted by atomic mass is 10.4. The Kier molecular flexibility index (Phi) is 1.83. The minimum absolute atomic E-state index is 0.964. The van der Waals surface area contributed by atoms with Crippen LogP contribution in [0, 0.1) is 5.75 Å². The van der Waals surface area contributed by atoms with Crippen molar-refractivity contribution in [1.82, 2.24) is 0 Å². The van der Waals surface area contributed by atoms with E-state index >= 15 is 0 Å². The molecular formula is C4H2F2NS. The average Bonchev–Trinajstić information content (AvgIpc) is 2.12. The van der Waals surface area contributed by atoms with E-state index < -0.39 is 12.5 Å². The quantitative estimate of drug-likeness (QED) is 0.526. The summed E-state index contributed by atoms with van der Waals surface area (Å²) in [5.74, 6) is 2.34. The highest BCUT2D eigenvalue weighted by atomic mass is 32.2. The van der Waals surface area contributed by atoms with Crippen molar-refractivity contribution < 1.29 is 8.78 Å². The Morgan fingerprint density at radius 2 is 2.38 bits per heavy atom. The fourth-order valence-electron chi connectivity index (χ4n) is 0.304. The molecular weight excluding hydrogens is 132 g/mol. The Hall–Kier alpha value is -0.120. The maximum atomic E-state index is 11.5. The van der Waals surface area contributed by atoms with Crippen LogP contribution in [0.3, 0.4) is 0 Å². The Morgan fingerprint density at radius 1 is 1.62 bits per heavy atom. The summed E-state index contributed by atoms with van der Waals surface area (Å²) in [5, 5.41) is 0. The van der Waals surface area contributed by atoms with Crippen LogP contribution in [0.15, 0.2) is 4.99 Å². The van der Waals surface area contributed by atoms with Crippen molar-refractivity contribution in [1.29, 1.82) is 0 Å². The largest absolute Gasteiger partial charge is 0.265 e. The fourth-order valence-corrected chi connectivity index (χ4v) is 0.799. The van der Waals surface area contributed by atoms with Gasteiger partial charge in [-0.3, -0.25) is 4.99 Å². The number of hydrogen-bond donors (Lipinski definition) is 0. The lowest BCUT2D eigenvalue weighted by molar-refractivity contribution is 0.132. The van der Waals surface area contributed by atoms with E-state index in [1.165, 1.54) is 0 Å². The van der Waals surface area contributed by atoms with Crippen LogP contribution in [0.25, 0.3) is 0 Å². The van der Waals surface area contributed by atoms with Gasteiger partial charge in [0.25, 0.3) is 6.43 Å². The van der Waals surface area contributed by atoms with Crippen LogP contribution in [0.1, 0.15) is 0 Å². The van der Waals surface area contributed by atoms with Gasteiger partial charge in [0.05, 0.1) is 5.75 Å². The normalized spacial score (nSPS) is 27.6. The lowest BCUT2D eigenvalue weighted by Gasteiger charge is -1.99. The van der Waals surface area contributed by atoms with E-state index in [1.807, 2.05) is 0 Å². The molecule has 1 unspecified atom stereocenters. The van der Waals surface area contributed by atoms with E-state index in [1.54, 1.807) is 0 Å². The fraction of sp³-hybridized carbons (Fsp3) is 0.500. The molecule has 1 aliphatic heterocycles. The molecule has 3 radical (unpaired) electrons. The van der Waals surface area contributed by atoms with E-state index in [-0.39, 0.29) is 0 Å². The summed E-state index contributed by atoms with van der Waals surface area (Å²) in [4.78, 5) is 3.29. The number of thioether (sulfide) groups is 1. The predicted octanol–water partition coefficient (Wildman–Crippen LogP) is 1.31. The predicted molar refractivity (Wildman–Crippen MR) is 28.1 cm³/mol. The van der Waals surface area contributed by atoms with Crippen molar-refractivity contribution in [2.45, 2.75) is 12.5 Å². The number of aliphatic imine (C=N–C) groups is 1. The van der Waals surface area contributed by atoms with Crippen molar-refractivity contribution in [3.8, 4) is 0 Å². The van der Waals surface area contributed by atoms with Crippen molar-refractivity contribution in [3.63, 3.8) is 0 Å². The molecule has 0 bridgehead atoms. The molecule has 0 fully saturated rings. The minimum atomic E-state index is -2.42. The minimum Gasteiger partial charge on any atom is -0.265 e. The zero-order chi connectivity index (χ0) is 5.98. The third kappa shape index (κ3) is 1.18.